The highest BCUT2D eigenvalue weighted by Gasteiger charge is 2.08. The van der Waals surface area contributed by atoms with Gasteiger partial charge in [0.05, 0.1) is 10.2 Å². The van der Waals surface area contributed by atoms with Crippen LogP contribution in [0.2, 0.25) is 0 Å². The van der Waals surface area contributed by atoms with Crippen LogP contribution in [0.25, 0.3) is 0 Å². The monoisotopic (exact) mass is 261 g/mol. The number of benzene rings is 1. The molecule has 0 aliphatic carbocycles. The zero-order valence-corrected chi connectivity index (χ0v) is 9.29. The average molecular weight is 262 g/mol. The summed E-state index contributed by atoms with van der Waals surface area (Å²) < 4.78 is 26.3. The average Bonchev–Trinajstić information content (AvgIpc) is 2.08. The normalized spacial score (nSPS) is 10.0. The molecule has 0 heterocycles. The Kier molecular flexibility index (Phi) is 3.63. The Balaban J connectivity index is 2.90. The standard InChI is InChI=1S/C10H10BrF2N/c1-6(2)5-14-9-4-7(12)3-8(11)10(9)13/h3-4,14H,1,5H2,2H3. The summed E-state index contributed by atoms with van der Waals surface area (Å²) in [6.07, 6.45) is 0. The molecule has 1 rings (SSSR count). The van der Waals surface area contributed by atoms with Gasteiger partial charge in [0.15, 0.2) is 5.82 Å². The Labute approximate surface area is 90.0 Å². The molecular weight excluding hydrogens is 252 g/mol. The fourth-order valence-electron chi connectivity index (χ4n) is 0.931. The maximum Gasteiger partial charge on any atom is 0.160 e. The third kappa shape index (κ3) is 2.80. The molecule has 0 aliphatic heterocycles. The van der Waals surface area contributed by atoms with Crippen molar-refractivity contribution in [3.8, 4) is 0 Å². The molecule has 4 heteroatoms. The smallest absolute Gasteiger partial charge is 0.160 e. The van der Waals surface area contributed by atoms with Crippen LogP contribution in [0.3, 0.4) is 0 Å². The van der Waals surface area contributed by atoms with E-state index in [1.165, 1.54) is 0 Å². The van der Waals surface area contributed by atoms with Crippen molar-refractivity contribution < 1.29 is 8.78 Å². The summed E-state index contributed by atoms with van der Waals surface area (Å²) in [5.41, 5.74) is 0.990. The lowest BCUT2D eigenvalue weighted by atomic mass is 10.2. The van der Waals surface area contributed by atoms with E-state index in [4.69, 9.17) is 0 Å². The Morgan fingerprint density at radius 3 is 2.71 bits per heavy atom. The van der Waals surface area contributed by atoms with Crippen molar-refractivity contribution in [3.63, 3.8) is 0 Å². The van der Waals surface area contributed by atoms with Gasteiger partial charge in [0.25, 0.3) is 0 Å². The first kappa shape index (κ1) is 11.2. The van der Waals surface area contributed by atoms with Gasteiger partial charge in [-0.15, -0.1) is 0 Å². The van der Waals surface area contributed by atoms with Gasteiger partial charge >= 0.3 is 0 Å². The van der Waals surface area contributed by atoms with E-state index in [-0.39, 0.29) is 10.2 Å². The van der Waals surface area contributed by atoms with E-state index in [2.05, 4.69) is 27.8 Å². The lowest BCUT2D eigenvalue weighted by Crippen LogP contribution is -2.04. The van der Waals surface area contributed by atoms with Crippen LogP contribution in [0.4, 0.5) is 14.5 Å². The number of hydrogen-bond acceptors (Lipinski definition) is 1. The van der Waals surface area contributed by atoms with E-state index in [1.54, 1.807) is 6.92 Å². The van der Waals surface area contributed by atoms with Crippen molar-refractivity contribution in [1.29, 1.82) is 0 Å². The van der Waals surface area contributed by atoms with E-state index >= 15 is 0 Å². The van der Waals surface area contributed by atoms with Gasteiger partial charge in [0.1, 0.15) is 5.82 Å². The molecule has 1 aromatic carbocycles. The first-order valence-corrected chi connectivity index (χ1v) is 4.83. The fraction of sp³-hybridized carbons (Fsp3) is 0.200. The number of rotatable bonds is 3. The van der Waals surface area contributed by atoms with Crippen LogP contribution in [0, 0.1) is 11.6 Å². The van der Waals surface area contributed by atoms with Gasteiger partial charge in [-0.25, -0.2) is 8.78 Å². The summed E-state index contributed by atoms with van der Waals surface area (Å²) in [5.74, 6) is -0.977. The maximum absolute atomic E-state index is 13.3. The molecule has 0 spiro atoms. The van der Waals surface area contributed by atoms with Gasteiger partial charge in [-0.05, 0) is 28.9 Å². The van der Waals surface area contributed by atoms with E-state index < -0.39 is 11.6 Å². The minimum Gasteiger partial charge on any atom is -0.379 e. The number of hydrogen-bond donors (Lipinski definition) is 1. The highest BCUT2D eigenvalue weighted by Crippen LogP contribution is 2.24. The fourth-order valence-corrected chi connectivity index (χ4v) is 1.36. The van der Waals surface area contributed by atoms with Crippen LogP contribution < -0.4 is 5.32 Å². The first-order valence-electron chi connectivity index (χ1n) is 4.03. The summed E-state index contributed by atoms with van der Waals surface area (Å²) in [5, 5.41) is 2.75. The van der Waals surface area contributed by atoms with Crippen molar-refractivity contribution in [2.24, 2.45) is 0 Å². The van der Waals surface area contributed by atoms with Crippen LogP contribution in [0.5, 0.6) is 0 Å². The third-order valence-electron chi connectivity index (χ3n) is 1.57. The summed E-state index contributed by atoms with van der Waals surface area (Å²) in [6.45, 7) is 5.88. The number of nitrogens with one attached hydrogen (secondary N) is 1. The molecule has 1 aromatic rings. The second kappa shape index (κ2) is 4.55. The van der Waals surface area contributed by atoms with Crippen LogP contribution >= 0.6 is 15.9 Å². The van der Waals surface area contributed by atoms with Crippen molar-refractivity contribution in [2.45, 2.75) is 6.92 Å². The maximum atomic E-state index is 13.3. The quantitative estimate of drug-likeness (QED) is 0.646. The SMILES string of the molecule is C=C(C)CNc1cc(F)cc(Br)c1F. The van der Waals surface area contributed by atoms with Crippen molar-refractivity contribution in [2.75, 3.05) is 11.9 Å². The van der Waals surface area contributed by atoms with E-state index in [1.807, 2.05) is 0 Å². The Hall–Kier alpha value is -0.900. The third-order valence-corrected chi connectivity index (χ3v) is 2.15. The predicted octanol–water partition coefficient (Wildman–Crippen LogP) is 3.72. The Morgan fingerprint density at radius 2 is 2.14 bits per heavy atom. The second-order valence-corrected chi connectivity index (χ2v) is 3.91. The lowest BCUT2D eigenvalue weighted by molar-refractivity contribution is 0.597. The second-order valence-electron chi connectivity index (χ2n) is 3.06. The molecule has 0 amide bonds. The molecule has 0 saturated carbocycles. The Bertz CT molecular complexity index is 363. The van der Waals surface area contributed by atoms with Crippen molar-refractivity contribution in [3.05, 3.63) is 40.4 Å². The summed E-state index contributed by atoms with van der Waals surface area (Å²) >= 11 is 2.93. The molecule has 0 aromatic heterocycles. The largest absolute Gasteiger partial charge is 0.379 e. The predicted molar refractivity (Wildman–Crippen MR) is 57.4 cm³/mol. The highest BCUT2D eigenvalue weighted by molar-refractivity contribution is 9.10. The van der Waals surface area contributed by atoms with Crippen LogP contribution in [-0.4, -0.2) is 6.54 Å². The zero-order chi connectivity index (χ0) is 10.7. The van der Waals surface area contributed by atoms with Crippen molar-refractivity contribution >= 4 is 21.6 Å². The summed E-state index contributed by atoms with van der Waals surface area (Å²) in [6, 6.07) is 2.20. The highest BCUT2D eigenvalue weighted by atomic mass is 79.9. The minimum absolute atomic E-state index is 0.113. The van der Waals surface area contributed by atoms with Gasteiger partial charge < -0.3 is 5.32 Å². The van der Waals surface area contributed by atoms with Gasteiger partial charge in [0, 0.05) is 12.6 Å². The molecular formula is C10H10BrF2N. The van der Waals surface area contributed by atoms with Gasteiger partial charge in [-0.2, -0.15) is 0 Å². The van der Waals surface area contributed by atoms with Crippen LogP contribution in [0.1, 0.15) is 6.92 Å². The molecule has 0 atom stereocenters. The van der Waals surface area contributed by atoms with Crippen molar-refractivity contribution in [1.82, 2.24) is 0 Å². The molecule has 1 N–H and O–H groups in total. The molecule has 0 bridgehead atoms. The molecule has 14 heavy (non-hydrogen) atoms. The molecule has 0 unspecified atom stereocenters. The first-order chi connectivity index (χ1) is 6.50. The van der Waals surface area contributed by atoms with Gasteiger partial charge in [-0.3, -0.25) is 0 Å². The summed E-state index contributed by atoms with van der Waals surface area (Å²) in [7, 11) is 0. The van der Waals surface area contributed by atoms with Crippen LogP contribution in [-0.2, 0) is 0 Å². The minimum atomic E-state index is -0.493. The molecule has 0 aliphatic rings. The molecule has 0 fully saturated rings. The van der Waals surface area contributed by atoms with E-state index in [0.717, 1.165) is 17.7 Å². The van der Waals surface area contributed by atoms with Crippen LogP contribution in [0.15, 0.2) is 28.8 Å². The molecule has 0 saturated heterocycles. The summed E-state index contributed by atoms with van der Waals surface area (Å²) in [4.78, 5) is 0. The Morgan fingerprint density at radius 1 is 1.50 bits per heavy atom. The zero-order valence-electron chi connectivity index (χ0n) is 7.70. The topological polar surface area (TPSA) is 12.0 Å². The van der Waals surface area contributed by atoms with Gasteiger partial charge in [-0.1, -0.05) is 12.2 Å². The lowest BCUT2D eigenvalue weighted by Gasteiger charge is -2.08. The van der Waals surface area contributed by atoms with E-state index in [0.29, 0.717) is 6.54 Å². The van der Waals surface area contributed by atoms with Gasteiger partial charge in [0.2, 0.25) is 0 Å². The number of anilines is 1. The molecule has 76 valence electrons. The molecule has 1 nitrogen and oxygen atoms in total. The molecule has 0 radical (unpaired) electrons. The van der Waals surface area contributed by atoms with E-state index in [9.17, 15) is 8.78 Å². The number of halogens is 3.